The molecule has 0 spiro atoms. The molecule has 0 unspecified atom stereocenters. The van der Waals surface area contributed by atoms with Crippen LogP contribution in [0.2, 0.25) is 0 Å². The Balaban J connectivity index is 1.67. The molecule has 0 bridgehead atoms. The zero-order valence-corrected chi connectivity index (χ0v) is 18.0. The standard InChI is InChI=1S/C24H21N5O4/c1-15-12-13-17(29(32)33)14-19(15)25-24(31)27-22-23(30)28(2)20-11-7-6-10-18(20)21(26-22)16-8-4-3-5-9-16/h3-14,22H,1-2H3,(H2,25,27,31)/t22-/m1/s1. The second-order valence-corrected chi connectivity index (χ2v) is 7.52. The average Bonchev–Trinajstić information content (AvgIpc) is 2.91. The predicted octanol–water partition coefficient (Wildman–Crippen LogP) is 3.86. The van der Waals surface area contributed by atoms with E-state index in [4.69, 9.17) is 0 Å². The number of nitrogens with zero attached hydrogens (tertiary/aromatic N) is 3. The fraction of sp³-hybridized carbons (Fsp3) is 0.125. The largest absolute Gasteiger partial charge is 0.321 e. The summed E-state index contributed by atoms with van der Waals surface area (Å²) < 4.78 is 0. The monoisotopic (exact) mass is 443 g/mol. The van der Waals surface area contributed by atoms with E-state index in [2.05, 4.69) is 15.6 Å². The van der Waals surface area contributed by atoms with Crippen molar-refractivity contribution in [3.63, 3.8) is 0 Å². The van der Waals surface area contributed by atoms with Gasteiger partial charge >= 0.3 is 6.03 Å². The Hall–Kier alpha value is -4.53. The van der Waals surface area contributed by atoms with Gasteiger partial charge in [0.1, 0.15) is 0 Å². The van der Waals surface area contributed by atoms with Crippen molar-refractivity contribution in [1.82, 2.24) is 5.32 Å². The molecule has 0 saturated heterocycles. The summed E-state index contributed by atoms with van der Waals surface area (Å²) in [6.07, 6.45) is -1.20. The SMILES string of the molecule is Cc1ccc([N+](=O)[O-])cc1NC(=O)N[C@H]1N=C(c2ccccc2)c2ccccc2N(C)C1=O. The molecule has 0 fully saturated rings. The quantitative estimate of drug-likeness (QED) is 0.470. The predicted molar refractivity (Wildman–Crippen MR) is 126 cm³/mol. The van der Waals surface area contributed by atoms with Crippen molar-refractivity contribution >= 4 is 34.7 Å². The zero-order chi connectivity index (χ0) is 23.5. The van der Waals surface area contributed by atoms with E-state index in [1.54, 1.807) is 20.0 Å². The lowest BCUT2D eigenvalue weighted by atomic mass is 10.0. The van der Waals surface area contributed by atoms with Crippen LogP contribution in [0.4, 0.5) is 21.9 Å². The van der Waals surface area contributed by atoms with E-state index in [9.17, 15) is 19.7 Å². The van der Waals surface area contributed by atoms with Crippen LogP contribution in [0, 0.1) is 17.0 Å². The number of hydrogen-bond donors (Lipinski definition) is 2. The molecular formula is C24H21N5O4. The molecule has 0 aromatic heterocycles. The fourth-order valence-electron chi connectivity index (χ4n) is 3.58. The second-order valence-electron chi connectivity index (χ2n) is 7.52. The molecule has 9 nitrogen and oxygen atoms in total. The maximum absolute atomic E-state index is 13.2. The highest BCUT2D eigenvalue weighted by Crippen LogP contribution is 2.27. The van der Waals surface area contributed by atoms with Gasteiger partial charge in [0.05, 0.1) is 22.0 Å². The molecule has 33 heavy (non-hydrogen) atoms. The lowest BCUT2D eigenvalue weighted by Gasteiger charge is -2.21. The number of benzene rings is 3. The van der Waals surface area contributed by atoms with Crippen molar-refractivity contribution in [2.24, 2.45) is 4.99 Å². The van der Waals surface area contributed by atoms with Crippen LogP contribution >= 0.6 is 0 Å². The number of aliphatic imine (C=N–C) groups is 1. The molecule has 2 N–H and O–H groups in total. The van der Waals surface area contributed by atoms with E-state index in [-0.39, 0.29) is 11.4 Å². The number of anilines is 2. The number of nitrogens with one attached hydrogen (secondary N) is 2. The number of hydrogen-bond acceptors (Lipinski definition) is 5. The molecule has 1 atom stereocenters. The number of para-hydroxylation sites is 1. The third-order valence-corrected chi connectivity index (χ3v) is 5.34. The Morgan fingerprint density at radius 2 is 1.76 bits per heavy atom. The van der Waals surface area contributed by atoms with Gasteiger partial charge in [-0.25, -0.2) is 9.79 Å². The third-order valence-electron chi connectivity index (χ3n) is 5.34. The van der Waals surface area contributed by atoms with Crippen molar-refractivity contribution in [1.29, 1.82) is 0 Å². The first-order chi connectivity index (χ1) is 15.8. The number of non-ortho nitro benzene ring substituents is 1. The van der Waals surface area contributed by atoms with E-state index in [1.165, 1.54) is 17.0 Å². The second kappa shape index (κ2) is 8.91. The molecule has 1 heterocycles. The third kappa shape index (κ3) is 4.42. The minimum absolute atomic E-state index is 0.152. The molecule has 4 rings (SSSR count). The van der Waals surface area contributed by atoms with E-state index < -0.39 is 23.0 Å². The number of urea groups is 1. The first-order valence-corrected chi connectivity index (χ1v) is 10.2. The van der Waals surface area contributed by atoms with Gasteiger partial charge in [-0.2, -0.15) is 0 Å². The minimum atomic E-state index is -1.20. The summed E-state index contributed by atoms with van der Waals surface area (Å²) in [5.41, 5.74) is 3.56. The number of amides is 3. The Morgan fingerprint density at radius 3 is 2.48 bits per heavy atom. The number of nitro benzene ring substituents is 1. The molecular weight excluding hydrogens is 422 g/mol. The van der Waals surface area contributed by atoms with Crippen molar-refractivity contribution < 1.29 is 14.5 Å². The number of benzodiazepines with no additional fused rings is 1. The summed E-state index contributed by atoms with van der Waals surface area (Å²) in [6.45, 7) is 1.71. The summed E-state index contributed by atoms with van der Waals surface area (Å²) in [5.74, 6) is -0.417. The lowest BCUT2D eigenvalue weighted by molar-refractivity contribution is -0.384. The van der Waals surface area contributed by atoms with Crippen LogP contribution in [0.1, 0.15) is 16.7 Å². The van der Waals surface area contributed by atoms with Gasteiger partial charge in [0, 0.05) is 30.3 Å². The van der Waals surface area contributed by atoms with Crippen LogP contribution in [-0.2, 0) is 4.79 Å². The van der Waals surface area contributed by atoms with Gasteiger partial charge in [-0.1, -0.05) is 54.6 Å². The Labute approximate surface area is 189 Å². The van der Waals surface area contributed by atoms with Crippen LogP contribution < -0.4 is 15.5 Å². The van der Waals surface area contributed by atoms with Gasteiger partial charge in [-0.05, 0) is 18.6 Å². The van der Waals surface area contributed by atoms with Gasteiger partial charge < -0.3 is 15.5 Å². The number of aryl methyl sites for hydroxylation is 1. The van der Waals surface area contributed by atoms with Crippen LogP contribution in [0.3, 0.4) is 0 Å². The number of carbonyl (C=O) groups is 2. The van der Waals surface area contributed by atoms with Crippen LogP contribution in [-0.4, -0.2) is 35.8 Å². The summed E-state index contributed by atoms with van der Waals surface area (Å²) >= 11 is 0. The van der Waals surface area contributed by atoms with Crippen molar-refractivity contribution in [2.45, 2.75) is 13.1 Å². The Morgan fingerprint density at radius 1 is 1.06 bits per heavy atom. The van der Waals surface area contributed by atoms with E-state index in [1.807, 2.05) is 54.6 Å². The summed E-state index contributed by atoms with van der Waals surface area (Å²) in [6, 6.07) is 20.2. The molecule has 3 amide bonds. The summed E-state index contributed by atoms with van der Waals surface area (Å²) in [4.78, 5) is 42.5. The Bertz CT molecular complexity index is 1270. The van der Waals surface area contributed by atoms with Gasteiger partial charge in [0.2, 0.25) is 6.17 Å². The maximum atomic E-state index is 13.2. The Kier molecular flexibility index (Phi) is 5.86. The molecule has 1 aliphatic heterocycles. The number of likely N-dealkylation sites (N-methyl/N-ethyl adjacent to an activating group) is 1. The van der Waals surface area contributed by atoms with Crippen molar-refractivity contribution in [2.75, 3.05) is 17.3 Å². The van der Waals surface area contributed by atoms with E-state index in [0.717, 1.165) is 11.1 Å². The molecule has 166 valence electrons. The van der Waals surface area contributed by atoms with Gasteiger partial charge in [0.15, 0.2) is 0 Å². The number of nitro groups is 1. The number of fused-ring (bicyclic) bond motifs is 1. The van der Waals surface area contributed by atoms with Gasteiger partial charge in [0.25, 0.3) is 11.6 Å². The highest BCUT2D eigenvalue weighted by atomic mass is 16.6. The topological polar surface area (TPSA) is 117 Å². The molecule has 0 radical (unpaired) electrons. The van der Waals surface area contributed by atoms with Crippen molar-refractivity contribution in [3.8, 4) is 0 Å². The number of rotatable bonds is 4. The normalized spacial score (nSPS) is 15.2. The molecule has 9 heteroatoms. The maximum Gasteiger partial charge on any atom is 0.321 e. The van der Waals surface area contributed by atoms with E-state index >= 15 is 0 Å². The zero-order valence-electron chi connectivity index (χ0n) is 18.0. The smallest absolute Gasteiger partial charge is 0.311 e. The molecule has 0 saturated carbocycles. The molecule has 1 aliphatic rings. The van der Waals surface area contributed by atoms with Crippen LogP contribution in [0.5, 0.6) is 0 Å². The molecule has 3 aromatic rings. The average molecular weight is 443 g/mol. The molecule has 0 aliphatic carbocycles. The summed E-state index contributed by atoms with van der Waals surface area (Å²) in [7, 11) is 1.63. The highest BCUT2D eigenvalue weighted by molar-refractivity contribution is 6.20. The van der Waals surface area contributed by atoms with E-state index in [0.29, 0.717) is 17.0 Å². The van der Waals surface area contributed by atoms with Gasteiger partial charge in [-0.15, -0.1) is 0 Å². The number of carbonyl (C=O) groups excluding carboxylic acids is 2. The fourth-order valence-corrected chi connectivity index (χ4v) is 3.58. The summed E-state index contributed by atoms with van der Waals surface area (Å²) in [5, 5.41) is 16.3. The lowest BCUT2D eigenvalue weighted by Crippen LogP contribution is -2.47. The van der Waals surface area contributed by atoms with Crippen LogP contribution in [0.15, 0.2) is 77.8 Å². The minimum Gasteiger partial charge on any atom is -0.311 e. The highest BCUT2D eigenvalue weighted by Gasteiger charge is 2.31. The van der Waals surface area contributed by atoms with Crippen LogP contribution in [0.25, 0.3) is 0 Å². The first-order valence-electron chi connectivity index (χ1n) is 10.2. The van der Waals surface area contributed by atoms with Gasteiger partial charge in [-0.3, -0.25) is 14.9 Å². The molecule has 3 aromatic carbocycles. The first kappa shape index (κ1) is 21.7. The van der Waals surface area contributed by atoms with Crippen molar-refractivity contribution in [3.05, 3.63) is 99.6 Å².